The first-order chi connectivity index (χ1) is 9.94. The number of likely N-dealkylation sites (N-methyl/N-ethyl adjacent to an activating group) is 1. The summed E-state index contributed by atoms with van der Waals surface area (Å²) < 4.78 is 6.68. The van der Waals surface area contributed by atoms with Crippen molar-refractivity contribution in [2.45, 2.75) is 13.5 Å². The van der Waals surface area contributed by atoms with Crippen molar-refractivity contribution >= 4 is 11.6 Å². The molecule has 0 heterocycles. The molecular formula is C18H23Cl2NO. The highest BCUT2D eigenvalue weighted by Crippen LogP contribution is 2.16. The van der Waals surface area contributed by atoms with E-state index in [1.54, 1.807) is 0 Å². The van der Waals surface area contributed by atoms with E-state index in [-0.39, 0.29) is 12.4 Å². The Morgan fingerprint density at radius 2 is 1.55 bits per heavy atom. The molecule has 0 bridgehead atoms. The third kappa shape index (κ3) is 6.27. The fraction of sp³-hybridized carbons (Fsp3) is 0.333. The summed E-state index contributed by atoms with van der Waals surface area (Å²) in [5.41, 5.74) is 2.66. The number of rotatable bonds is 6. The largest absolute Gasteiger partial charge is 1.00 e. The summed E-state index contributed by atoms with van der Waals surface area (Å²) in [5, 5.41) is 0.734. The molecule has 2 aromatic rings. The highest BCUT2D eigenvalue weighted by molar-refractivity contribution is 6.30. The smallest absolute Gasteiger partial charge is 0.137 e. The zero-order chi connectivity index (χ0) is 15.3. The lowest BCUT2D eigenvalue weighted by Crippen LogP contribution is -3.00. The normalized spacial score (nSPS) is 10.9. The Labute approximate surface area is 144 Å². The zero-order valence-corrected chi connectivity index (χ0v) is 14.9. The molecule has 0 atom stereocenters. The van der Waals surface area contributed by atoms with Crippen LogP contribution in [0.3, 0.4) is 0 Å². The van der Waals surface area contributed by atoms with Crippen molar-refractivity contribution in [3.8, 4) is 5.75 Å². The first-order valence-corrected chi connectivity index (χ1v) is 7.58. The molecule has 0 saturated carbocycles. The van der Waals surface area contributed by atoms with Gasteiger partial charge >= 0.3 is 0 Å². The molecule has 2 rings (SSSR count). The van der Waals surface area contributed by atoms with Crippen LogP contribution in [0.5, 0.6) is 5.75 Å². The van der Waals surface area contributed by atoms with Gasteiger partial charge in [-0.15, -0.1) is 0 Å². The van der Waals surface area contributed by atoms with Gasteiger partial charge in [0.05, 0.1) is 14.1 Å². The van der Waals surface area contributed by atoms with Gasteiger partial charge in [-0.25, -0.2) is 0 Å². The molecule has 0 aromatic heterocycles. The summed E-state index contributed by atoms with van der Waals surface area (Å²) in [5.74, 6) is 0.870. The first kappa shape index (κ1) is 18.8. The van der Waals surface area contributed by atoms with Gasteiger partial charge in [0, 0.05) is 10.6 Å². The van der Waals surface area contributed by atoms with Gasteiger partial charge in [-0.2, -0.15) is 0 Å². The number of aryl methyl sites for hydroxylation is 1. The number of halogens is 2. The monoisotopic (exact) mass is 339 g/mol. The minimum atomic E-state index is 0. The predicted molar refractivity (Wildman–Crippen MR) is 88.8 cm³/mol. The number of hydrogen-bond acceptors (Lipinski definition) is 1. The Morgan fingerprint density at radius 1 is 0.955 bits per heavy atom. The van der Waals surface area contributed by atoms with Gasteiger partial charge in [0.15, 0.2) is 0 Å². The number of benzene rings is 2. The number of ether oxygens (including phenoxy) is 1. The SMILES string of the molecule is Cc1ccc(C[N+](C)(C)CCOc2ccc(Cl)cc2)cc1.[Cl-]. The van der Waals surface area contributed by atoms with E-state index in [2.05, 4.69) is 45.3 Å². The molecule has 0 N–H and O–H groups in total. The van der Waals surface area contributed by atoms with E-state index in [4.69, 9.17) is 16.3 Å². The quantitative estimate of drug-likeness (QED) is 0.721. The zero-order valence-electron chi connectivity index (χ0n) is 13.4. The molecule has 22 heavy (non-hydrogen) atoms. The molecule has 0 spiro atoms. The molecule has 2 aromatic carbocycles. The van der Waals surface area contributed by atoms with Crippen molar-refractivity contribution < 1.29 is 21.6 Å². The van der Waals surface area contributed by atoms with Gasteiger partial charge in [-0.1, -0.05) is 41.4 Å². The highest BCUT2D eigenvalue weighted by Gasteiger charge is 2.15. The Balaban J connectivity index is 0.00000242. The van der Waals surface area contributed by atoms with Crippen molar-refractivity contribution in [2.75, 3.05) is 27.2 Å². The summed E-state index contributed by atoms with van der Waals surface area (Å²) in [4.78, 5) is 0. The van der Waals surface area contributed by atoms with Crippen molar-refractivity contribution in [1.82, 2.24) is 0 Å². The second-order valence-corrected chi connectivity index (χ2v) is 6.54. The van der Waals surface area contributed by atoms with Crippen LogP contribution in [0, 0.1) is 6.92 Å². The first-order valence-electron chi connectivity index (χ1n) is 7.20. The van der Waals surface area contributed by atoms with E-state index >= 15 is 0 Å². The van der Waals surface area contributed by atoms with E-state index < -0.39 is 0 Å². The van der Waals surface area contributed by atoms with Crippen LogP contribution in [0.4, 0.5) is 0 Å². The molecule has 0 amide bonds. The van der Waals surface area contributed by atoms with E-state index in [0.29, 0.717) is 6.61 Å². The van der Waals surface area contributed by atoms with Crippen LogP contribution in [0.15, 0.2) is 48.5 Å². The standard InChI is InChI=1S/C18H23ClNO.ClH/c1-15-4-6-16(7-5-15)14-20(2,3)12-13-21-18-10-8-17(19)9-11-18;/h4-11H,12-14H2,1-3H3;1H/q+1;/p-1. The third-order valence-corrected chi connectivity index (χ3v) is 3.76. The van der Waals surface area contributed by atoms with Crippen LogP contribution >= 0.6 is 11.6 Å². The lowest BCUT2D eigenvalue weighted by Gasteiger charge is -2.29. The molecule has 4 heteroatoms. The average molecular weight is 340 g/mol. The van der Waals surface area contributed by atoms with Crippen molar-refractivity contribution in [3.05, 3.63) is 64.7 Å². The summed E-state index contributed by atoms with van der Waals surface area (Å²) in [6, 6.07) is 16.3. The van der Waals surface area contributed by atoms with E-state index in [0.717, 1.165) is 28.3 Å². The summed E-state index contributed by atoms with van der Waals surface area (Å²) in [6.07, 6.45) is 0. The summed E-state index contributed by atoms with van der Waals surface area (Å²) in [6.45, 7) is 4.77. The molecule has 120 valence electrons. The van der Waals surface area contributed by atoms with Crippen LogP contribution < -0.4 is 17.1 Å². The van der Waals surface area contributed by atoms with Crippen LogP contribution in [-0.2, 0) is 6.54 Å². The maximum Gasteiger partial charge on any atom is 0.137 e. The Kier molecular flexibility index (Phi) is 7.21. The molecule has 0 aliphatic rings. The Morgan fingerprint density at radius 3 is 2.14 bits per heavy atom. The molecule has 0 aliphatic heterocycles. The van der Waals surface area contributed by atoms with Gasteiger partial charge < -0.3 is 21.6 Å². The molecule has 0 radical (unpaired) electrons. The van der Waals surface area contributed by atoms with E-state index in [1.165, 1.54) is 11.1 Å². The van der Waals surface area contributed by atoms with Gasteiger partial charge in [0.25, 0.3) is 0 Å². The Hall–Kier alpha value is -1.22. The summed E-state index contributed by atoms with van der Waals surface area (Å²) >= 11 is 5.86. The Bertz CT molecular complexity index is 565. The second kappa shape index (κ2) is 8.42. The van der Waals surface area contributed by atoms with Gasteiger partial charge in [-0.3, -0.25) is 0 Å². The van der Waals surface area contributed by atoms with Crippen molar-refractivity contribution in [1.29, 1.82) is 0 Å². The molecule has 0 fully saturated rings. The van der Waals surface area contributed by atoms with E-state index in [9.17, 15) is 0 Å². The number of quaternary nitrogens is 1. The van der Waals surface area contributed by atoms with Gasteiger partial charge in [0.1, 0.15) is 25.4 Å². The molecule has 2 nitrogen and oxygen atoms in total. The maximum atomic E-state index is 5.86. The fourth-order valence-electron chi connectivity index (χ4n) is 2.21. The second-order valence-electron chi connectivity index (χ2n) is 6.11. The summed E-state index contributed by atoms with van der Waals surface area (Å²) in [7, 11) is 4.45. The van der Waals surface area contributed by atoms with Gasteiger partial charge in [-0.05, 0) is 31.2 Å². The fourth-order valence-corrected chi connectivity index (χ4v) is 2.33. The van der Waals surface area contributed by atoms with Gasteiger partial charge in [0.2, 0.25) is 0 Å². The highest BCUT2D eigenvalue weighted by atomic mass is 35.5. The third-order valence-electron chi connectivity index (χ3n) is 3.51. The maximum absolute atomic E-state index is 5.86. The average Bonchev–Trinajstić information content (AvgIpc) is 2.43. The minimum absolute atomic E-state index is 0. The molecule has 0 saturated heterocycles. The molecule has 0 aliphatic carbocycles. The molecule has 0 unspecified atom stereocenters. The number of hydrogen-bond donors (Lipinski definition) is 0. The minimum Gasteiger partial charge on any atom is -1.00 e. The van der Waals surface area contributed by atoms with Crippen LogP contribution in [-0.4, -0.2) is 31.7 Å². The lowest BCUT2D eigenvalue weighted by atomic mass is 10.1. The van der Waals surface area contributed by atoms with Crippen LogP contribution in [0.2, 0.25) is 5.02 Å². The predicted octanol–water partition coefficient (Wildman–Crippen LogP) is 1.31. The van der Waals surface area contributed by atoms with Crippen LogP contribution in [0.1, 0.15) is 11.1 Å². The van der Waals surface area contributed by atoms with E-state index in [1.807, 2.05) is 24.3 Å². The lowest BCUT2D eigenvalue weighted by molar-refractivity contribution is -0.903. The molecular weight excluding hydrogens is 317 g/mol. The van der Waals surface area contributed by atoms with Crippen molar-refractivity contribution in [3.63, 3.8) is 0 Å². The van der Waals surface area contributed by atoms with Crippen LogP contribution in [0.25, 0.3) is 0 Å². The topological polar surface area (TPSA) is 9.23 Å². The van der Waals surface area contributed by atoms with Crippen molar-refractivity contribution in [2.24, 2.45) is 0 Å². The number of nitrogens with zero attached hydrogens (tertiary/aromatic N) is 1.